The molecule has 0 saturated heterocycles. The maximum absolute atomic E-state index is 13.1. The van der Waals surface area contributed by atoms with Crippen LogP contribution < -0.4 is 5.73 Å². The highest BCUT2D eigenvalue weighted by Crippen LogP contribution is 2.39. The number of rotatable bonds is 2. The molecule has 0 aliphatic heterocycles. The quantitative estimate of drug-likeness (QED) is 0.436. The van der Waals surface area contributed by atoms with Gasteiger partial charge in [-0.05, 0) is 44.5 Å². The van der Waals surface area contributed by atoms with Gasteiger partial charge >= 0.3 is 0 Å². The number of nitrogens with zero attached hydrogens (tertiary/aromatic N) is 1. The molecule has 3 rings (SSSR count). The highest BCUT2D eigenvalue weighted by atomic mass is 16.3. The van der Waals surface area contributed by atoms with E-state index >= 15 is 0 Å². The van der Waals surface area contributed by atoms with Crippen molar-refractivity contribution in [3.63, 3.8) is 0 Å². The molecule has 2 aliphatic rings. The van der Waals surface area contributed by atoms with Crippen LogP contribution in [0.3, 0.4) is 0 Å². The SMILES string of the molecule is CN(C)[C@@H]1/C(O)=C(/C(N)=O)C(=O)C/C(O)=C2/C(=O)c3c(O)cccc3C[C@H]2C[C@@H]1O. The number of allylic oxidation sites excluding steroid dienone is 2. The molecule has 1 amide bonds. The minimum absolute atomic E-state index is 0.0342. The van der Waals surface area contributed by atoms with Gasteiger partial charge in [0.15, 0.2) is 11.6 Å². The summed E-state index contributed by atoms with van der Waals surface area (Å²) in [4.78, 5) is 39.1. The van der Waals surface area contributed by atoms with E-state index in [0.29, 0.717) is 5.56 Å². The van der Waals surface area contributed by atoms with E-state index in [0.717, 1.165) is 0 Å². The number of likely N-dealkylation sites (N-methyl/N-ethyl adjacent to an activating group) is 1. The van der Waals surface area contributed by atoms with Gasteiger partial charge in [0.1, 0.15) is 22.8 Å². The number of hydrogen-bond acceptors (Lipinski definition) is 8. The number of amides is 1. The van der Waals surface area contributed by atoms with Gasteiger partial charge in [-0.3, -0.25) is 19.3 Å². The van der Waals surface area contributed by atoms with E-state index in [4.69, 9.17) is 5.73 Å². The minimum Gasteiger partial charge on any atom is -0.511 e. The van der Waals surface area contributed by atoms with Gasteiger partial charge in [-0.15, -0.1) is 0 Å². The normalized spacial score (nSPS) is 30.1. The van der Waals surface area contributed by atoms with Crippen molar-refractivity contribution in [3.8, 4) is 5.75 Å². The number of carbonyl (C=O) groups is 3. The van der Waals surface area contributed by atoms with E-state index in [1.165, 1.54) is 11.0 Å². The van der Waals surface area contributed by atoms with E-state index in [9.17, 15) is 34.8 Å². The smallest absolute Gasteiger partial charge is 0.255 e. The number of phenolic OH excluding ortho intramolecular Hbond substituents is 1. The second-order valence-electron chi connectivity index (χ2n) is 7.84. The standard InChI is InChI=1S/C21H24N2O7/c1-23(2)18-14(27)7-10-6-9-4-3-5-11(24)15(9)19(28)16(10)12(25)8-13(26)17(20(18)29)21(22)30/h3-5,10,14,18,24-25,27,29H,6-8H2,1-2H3,(H2,22,30)/b16-12-,20-17-/t10-,14-,18-/m0/s1. The molecule has 9 nitrogen and oxygen atoms in total. The Morgan fingerprint density at radius 1 is 1.17 bits per heavy atom. The monoisotopic (exact) mass is 416 g/mol. The summed E-state index contributed by atoms with van der Waals surface area (Å²) >= 11 is 0. The minimum atomic E-state index is -1.29. The summed E-state index contributed by atoms with van der Waals surface area (Å²) in [5.41, 5.74) is 5.04. The predicted octanol–water partition coefficient (Wildman–Crippen LogP) is 0.511. The number of aliphatic hydroxyl groups excluding tert-OH is 3. The lowest BCUT2D eigenvalue weighted by Gasteiger charge is -2.35. The van der Waals surface area contributed by atoms with E-state index in [1.807, 2.05) is 0 Å². The fraction of sp³-hybridized carbons (Fsp3) is 0.381. The number of hydrogen-bond donors (Lipinski definition) is 5. The van der Waals surface area contributed by atoms with E-state index < -0.39 is 59.0 Å². The summed E-state index contributed by atoms with van der Waals surface area (Å²) in [7, 11) is 3.10. The van der Waals surface area contributed by atoms with Gasteiger partial charge in [0.05, 0.1) is 24.1 Å². The van der Waals surface area contributed by atoms with Crippen LogP contribution >= 0.6 is 0 Å². The zero-order valence-electron chi connectivity index (χ0n) is 16.6. The van der Waals surface area contributed by atoms with Crippen molar-refractivity contribution in [3.05, 3.63) is 52.0 Å². The lowest BCUT2D eigenvalue weighted by molar-refractivity contribution is -0.121. The lowest BCUT2D eigenvalue weighted by atomic mass is 9.74. The molecule has 160 valence electrons. The Balaban J connectivity index is 2.21. The highest BCUT2D eigenvalue weighted by Gasteiger charge is 2.41. The summed E-state index contributed by atoms with van der Waals surface area (Å²) < 4.78 is 0. The molecule has 9 heteroatoms. The molecule has 0 unspecified atom stereocenters. The van der Waals surface area contributed by atoms with Crippen molar-refractivity contribution in [1.29, 1.82) is 0 Å². The third kappa shape index (κ3) is 3.57. The molecule has 0 heterocycles. The van der Waals surface area contributed by atoms with Crippen LogP contribution in [0.1, 0.15) is 28.8 Å². The van der Waals surface area contributed by atoms with Gasteiger partial charge in [-0.2, -0.15) is 0 Å². The molecule has 2 aliphatic carbocycles. The van der Waals surface area contributed by atoms with Crippen LogP contribution in [-0.2, 0) is 16.0 Å². The number of nitrogens with two attached hydrogens (primary N) is 1. The van der Waals surface area contributed by atoms with Crippen LogP contribution in [0.2, 0.25) is 0 Å². The summed E-state index contributed by atoms with van der Waals surface area (Å²) in [6.07, 6.45) is -1.83. The van der Waals surface area contributed by atoms with Crippen molar-refractivity contribution in [2.75, 3.05) is 14.1 Å². The van der Waals surface area contributed by atoms with Gasteiger partial charge in [0.25, 0.3) is 5.91 Å². The average Bonchev–Trinajstić information content (AvgIpc) is 2.60. The molecule has 3 atom stereocenters. The van der Waals surface area contributed by atoms with Crippen molar-refractivity contribution >= 4 is 17.5 Å². The predicted molar refractivity (Wildman–Crippen MR) is 106 cm³/mol. The second kappa shape index (κ2) is 7.92. The largest absolute Gasteiger partial charge is 0.511 e. The first kappa shape index (κ1) is 21.5. The Kier molecular flexibility index (Phi) is 5.69. The lowest BCUT2D eigenvalue weighted by Crippen LogP contribution is -2.45. The molecule has 0 aromatic heterocycles. The zero-order valence-corrected chi connectivity index (χ0v) is 16.6. The molecular weight excluding hydrogens is 392 g/mol. The zero-order chi connectivity index (χ0) is 22.3. The second-order valence-corrected chi connectivity index (χ2v) is 7.84. The van der Waals surface area contributed by atoms with Crippen LogP contribution in [0.25, 0.3) is 0 Å². The maximum atomic E-state index is 13.1. The number of Topliss-reactive ketones (excluding diaryl/α,β-unsaturated/α-hetero) is 2. The molecule has 0 radical (unpaired) electrons. The molecule has 0 fully saturated rings. The maximum Gasteiger partial charge on any atom is 0.255 e. The fourth-order valence-electron chi connectivity index (χ4n) is 4.36. The number of ketones is 2. The Hall–Kier alpha value is -3.17. The average molecular weight is 416 g/mol. The van der Waals surface area contributed by atoms with Crippen LogP contribution in [0.15, 0.2) is 40.9 Å². The molecule has 0 saturated carbocycles. The summed E-state index contributed by atoms with van der Waals surface area (Å²) in [5, 5.41) is 42.3. The number of aromatic hydroxyl groups is 1. The summed E-state index contributed by atoms with van der Waals surface area (Å²) in [6.45, 7) is 0. The Morgan fingerprint density at radius 3 is 2.43 bits per heavy atom. The number of carbonyl (C=O) groups excluding carboxylic acids is 3. The van der Waals surface area contributed by atoms with Crippen molar-refractivity contribution in [1.82, 2.24) is 4.90 Å². The number of fused-ring (bicyclic) bond motifs is 2. The van der Waals surface area contributed by atoms with Crippen molar-refractivity contribution in [2.24, 2.45) is 11.7 Å². The van der Waals surface area contributed by atoms with E-state index in [-0.39, 0.29) is 29.7 Å². The number of aliphatic hydroxyl groups is 3. The fourth-order valence-corrected chi connectivity index (χ4v) is 4.36. The number of primary amides is 1. The van der Waals surface area contributed by atoms with Gasteiger partial charge in [-0.1, -0.05) is 12.1 Å². The third-order valence-electron chi connectivity index (χ3n) is 5.62. The summed E-state index contributed by atoms with van der Waals surface area (Å²) in [5.74, 6) is -4.99. The van der Waals surface area contributed by atoms with Crippen LogP contribution in [0.5, 0.6) is 5.75 Å². The molecule has 0 bridgehead atoms. The molecule has 1 aromatic rings. The summed E-state index contributed by atoms with van der Waals surface area (Å²) in [6, 6.07) is 3.48. The van der Waals surface area contributed by atoms with Crippen molar-refractivity contribution < 1.29 is 34.8 Å². The highest BCUT2D eigenvalue weighted by molar-refractivity contribution is 6.20. The Labute approximate surface area is 172 Å². The molecule has 30 heavy (non-hydrogen) atoms. The first-order valence-electron chi connectivity index (χ1n) is 9.42. The van der Waals surface area contributed by atoms with Crippen LogP contribution in [0, 0.1) is 5.92 Å². The molecule has 0 spiro atoms. The van der Waals surface area contributed by atoms with Gasteiger partial charge in [0, 0.05) is 5.57 Å². The first-order chi connectivity index (χ1) is 14.0. The van der Waals surface area contributed by atoms with E-state index in [1.54, 1.807) is 26.2 Å². The number of benzene rings is 1. The van der Waals surface area contributed by atoms with Gasteiger partial charge in [-0.25, -0.2) is 0 Å². The molecular formula is C21H24N2O7. The third-order valence-corrected chi connectivity index (χ3v) is 5.62. The molecule has 6 N–H and O–H groups in total. The number of phenols is 1. The van der Waals surface area contributed by atoms with Crippen LogP contribution in [0.4, 0.5) is 0 Å². The van der Waals surface area contributed by atoms with Crippen molar-refractivity contribution in [2.45, 2.75) is 31.4 Å². The van der Waals surface area contributed by atoms with Crippen LogP contribution in [-0.4, -0.2) is 69.0 Å². The topological polar surface area (TPSA) is 161 Å². The first-order valence-corrected chi connectivity index (χ1v) is 9.42. The van der Waals surface area contributed by atoms with E-state index in [2.05, 4.69) is 0 Å². The van der Waals surface area contributed by atoms with Gasteiger partial charge < -0.3 is 26.2 Å². The Morgan fingerprint density at radius 2 is 1.83 bits per heavy atom. The molecule has 1 aromatic carbocycles. The van der Waals surface area contributed by atoms with Gasteiger partial charge in [0.2, 0.25) is 0 Å². The Bertz CT molecular complexity index is 993.